The van der Waals surface area contributed by atoms with Crippen LogP contribution >= 0.6 is 0 Å². The summed E-state index contributed by atoms with van der Waals surface area (Å²) in [6.07, 6.45) is 1.45. The van der Waals surface area contributed by atoms with Crippen molar-refractivity contribution in [2.75, 3.05) is 45.2 Å². The monoisotopic (exact) mass is 488 g/mol. The van der Waals surface area contributed by atoms with Crippen molar-refractivity contribution in [3.8, 4) is 0 Å². The molecule has 10 heteroatoms. The van der Waals surface area contributed by atoms with Crippen molar-refractivity contribution < 1.29 is 29.0 Å². The lowest BCUT2D eigenvalue weighted by molar-refractivity contribution is -0.136. The highest BCUT2D eigenvalue weighted by Crippen LogP contribution is 2.23. The van der Waals surface area contributed by atoms with Crippen molar-refractivity contribution >= 4 is 23.7 Å². The minimum Gasteiger partial charge on any atom is -0.466 e. The predicted molar refractivity (Wildman–Crippen MR) is 130 cm³/mol. The fourth-order valence-electron chi connectivity index (χ4n) is 4.05. The average molecular weight is 489 g/mol. The van der Waals surface area contributed by atoms with Gasteiger partial charge in [0.15, 0.2) is 0 Å². The lowest BCUT2D eigenvalue weighted by atomic mass is 10.0. The average Bonchev–Trinajstić information content (AvgIpc) is 3.12. The van der Waals surface area contributed by atoms with Crippen LogP contribution in [0.15, 0.2) is 35.5 Å². The number of anilines is 1. The highest BCUT2D eigenvalue weighted by Gasteiger charge is 2.34. The maximum Gasteiger partial charge on any atom is 0.410 e. The van der Waals surface area contributed by atoms with E-state index in [2.05, 4.69) is 10.6 Å². The molecule has 2 aliphatic heterocycles. The number of hydrogen-bond acceptors (Lipinski definition) is 8. The van der Waals surface area contributed by atoms with Crippen molar-refractivity contribution in [3.05, 3.63) is 41.1 Å². The molecule has 0 saturated carbocycles. The molecule has 1 aromatic rings. The Morgan fingerprint density at radius 1 is 1.14 bits per heavy atom. The number of aliphatic hydroxyl groups excluding tert-OH is 1. The number of β-amino-alcohol motifs (C(OH)–C–C–N with tert-alkyl or cyclic N) is 1. The number of amides is 2. The molecular weight excluding hydrogens is 452 g/mol. The normalized spacial score (nSPS) is 17.1. The maximum atomic E-state index is 12.7. The van der Waals surface area contributed by atoms with Gasteiger partial charge in [0.25, 0.3) is 5.91 Å². The molecule has 0 spiro atoms. The van der Waals surface area contributed by atoms with E-state index in [0.29, 0.717) is 31.4 Å². The van der Waals surface area contributed by atoms with E-state index in [0.717, 1.165) is 18.4 Å². The lowest BCUT2D eigenvalue weighted by Crippen LogP contribution is -2.46. The number of nitrogens with zero attached hydrogens (tertiary/aromatic N) is 2. The zero-order valence-electron chi connectivity index (χ0n) is 20.9. The molecule has 2 heterocycles. The molecule has 0 bridgehead atoms. The summed E-state index contributed by atoms with van der Waals surface area (Å²) in [5.41, 5.74) is 1.68. The van der Waals surface area contributed by atoms with Crippen LogP contribution in [-0.2, 0) is 25.6 Å². The zero-order valence-corrected chi connectivity index (χ0v) is 20.9. The molecule has 1 aromatic carbocycles. The second-order valence-electron chi connectivity index (χ2n) is 9.74. The van der Waals surface area contributed by atoms with Gasteiger partial charge in [-0.25, -0.2) is 9.59 Å². The van der Waals surface area contributed by atoms with Crippen LogP contribution in [0.5, 0.6) is 0 Å². The third kappa shape index (κ3) is 7.19. The van der Waals surface area contributed by atoms with Crippen LogP contribution in [0, 0.1) is 0 Å². The van der Waals surface area contributed by atoms with Gasteiger partial charge < -0.3 is 35.0 Å². The molecule has 0 atom stereocenters. The first-order chi connectivity index (χ1) is 16.6. The number of esters is 1. The van der Waals surface area contributed by atoms with E-state index >= 15 is 0 Å². The molecule has 0 radical (unpaired) electrons. The van der Waals surface area contributed by atoms with Gasteiger partial charge in [-0.05, 0) is 51.3 Å². The Hall–Kier alpha value is -3.11. The summed E-state index contributed by atoms with van der Waals surface area (Å²) in [4.78, 5) is 40.1. The van der Waals surface area contributed by atoms with Gasteiger partial charge in [-0.2, -0.15) is 0 Å². The molecular formula is C25H36N4O6. The summed E-state index contributed by atoms with van der Waals surface area (Å²) in [6.45, 7) is 7.66. The third-order valence-electron chi connectivity index (χ3n) is 5.92. The number of methoxy groups -OCH3 is 1. The van der Waals surface area contributed by atoms with E-state index in [4.69, 9.17) is 9.47 Å². The van der Waals surface area contributed by atoms with Gasteiger partial charge in [0.05, 0.1) is 25.8 Å². The molecule has 0 aromatic heterocycles. The van der Waals surface area contributed by atoms with Gasteiger partial charge in [0, 0.05) is 37.9 Å². The summed E-state index contributed by atoms with van der Waals surface area (Å²) in [5.74, 6) is -0.914. The van der Waals surface area contributed by atoms with Gasteiger partial charge in [0.1, 0.15) is 11.3 Å². The Kier molecular flexibility index (Phi) is 8.74. The fourth-order valence-corrected chi connectivity index (χ4v) is 4.05. The number of carbonyl (C=O) groups is 3. The maximum absolute atomic E-state index is 12.7. The summed E-state index contributed by atoms with van der Waals surface area (Å²) in [6, 6.07) is 7.92. The molecule has 10 nitrogen and oxygen atoms in total. The molecule has 1 saturated heterocycles. The SMILES string of the molecule is COC(=O)C1=C(Nc2ccc(CNC3CCN(C(=O)OC(C)(C)C)CC3)cc2)C(=O)N(CCO)C1. The van der Waals surface area contributed by atoms with Gasteiger partial charge in [-0.3, -0.25) is 4.79 Å². The minimum atomic E-state index is -0.570. The second kappa shape index (κ2) is 11.5. The summed E-state index contributed by atoms with van der Waals surface area (Å²) in [7, 11) is 1.27. The Labute approximate surface area is 206 Å². The highest BCUT2D eigenvalue weighted by molar-refractivity contribution is 6.08. The van der Waals surface area contributed by atoms with E-state index in [1.165, 1.54) is 12.0 Å². The van der Waals surface area contributed by atoms with Crippen LogP contribution in [0.3, 0.4) is 0 Å². The number of ether oxygens (including phenoxy) is 2. The smallest absolute Gasteiger partial charge is 0.410 e. The molecule has 192 valence electrons. The van der Waals surface area contributed by atoms with Crippen molar-refractivity contribution in [1.29, 1.82) is 0 Å². The molecule has 0 unspecified atom stereocenters. The Bertz CT molecular complexity index is 946. The van der Waals surface area contributed by atoms with Crippen LogP contribution in [-0.4, -0.2) is 84.4 Å². The van der Waals surface area contributed by atoms with Gasteiger partial charge in [-0.15, -0.1) is 0 Å². The van der Waals surface area contributed by atoms with Crippen LogP contribution in [0.25, 0.3) is 0 Å². The van der Waals surface area contributed by atoms with E-state index in [9.17, 15) is 19.5 Å². The molecule has 2 aliphatic rings. The molecule has 3 rings (SSSR count). The summed E-state index contributed by atoms with van der Waals surface area (Å²) >= 11 is 0. The standard InChI is InChI=1S/C25H36N4O6/c1-25(2,3)35-24(33)28-11-9-18(10-12-28)26-15-17-5-7-19(8-6-17)27-21-20(23(32)34-4)16-29(13-14-30)22(21)31/h5-8,18,26-27,30H,9-16H2,1-4H3. The zero-order chi connectivity index (χ0) is 25.6. The second-order valence-corrected chi connectivity index (χ2v) is 9.74. The van der Waals surface area contributed by atoms with Gasteiger partial charge >= 0.3 is 12.1 Å². The summed E-state index contributed by atoms with van der Waals surface area (Å²) in [5, 5.41) is 15.8. The van der Waals surface area contributed by atoms with E-state index in [-0.39, 0.29) is 43.0 Å². The number of aliphatic hydroxyl groups is 1. The van der Waals surface area contributed by atoms with E-state index < -0.39 is 11.6 Å². The van der Waals surface area contributed by atoms with E-state index in [1.54, 1.807) is 4.90 Å². The quantitative estimate of drug-likeness (QED) is 0.474. The largest absolute Gasteiger partial charge is 0.466 e. The molecule has 2 amide bonds. The number of likely N-dealkylation sites (tertiary alicyclic amines) is 1. The van der Waals surface area contributed by atoms with Crippen LogP contribution in [0.4, 0.5) is 10.5 Å². The number of carbonyl (C=O) groups excluding carboxylic acids is 3. The fraction of sp³-hybridized carbons (Fsp3) is 0.560. The number of piperidine rings is 1. The van der Waals surface area contributed by atoms with Crippen molar-refractivity contribution in [1.82, 2.24) is 15.1 Å². The first-order valence-electron chi connectivity index (χ1n) is 11.9. The number of hydrogen-bond donors (Lipinski definition) is 3. The third-order valence-corrected chi connectivity index (χ3v) is 5.92. The molecule has 0 aliphatic carbocycles. The molecule has 1 fully saturated rings. The Morgan fingerprint density at radius 3 is 2.37 bits per heavy atom. The first-order valence-corrected chi connectivity index (χ1v) is 11.9. The van der Waals surface area contributed by atoms with Gasteiger partial charge in [0.2, 0.25) is 0 Å². The van der Waals surface area contributed by atoms with Crippen molar-refractivity contribution in [2.45, 2.75) is 51.8 Å². The topological polar surface area (TPSA) is 120 Å². The number of benzene rings is 1. The van der Waals surface area contributed by atoms with Crippen molar-refractivity contribution in [2.24, 2.45) is 0 Å². The van der Waals surface area contributed by atoms with Crippen LogP contribution in [0.1, 0.15) is 39.2 Å². The highest BCUT2D eigenvalue weighted by atomic mass is 16.6. The summed E-state index contributed by atoms with van der Waals surface area (Å²) < 4.78 is 10.3. The minimum absolute atomic E-state index is 0.100. The van der Waals surface area contributed by atoms with Crippen LogP contribution in [0.2, 0.25) is 0 Å². The van der Waals surface area contributed by atoms with Crippen molar-refractivity contribution in [3.63, 3.8) is 0 Å². The van der Waals surface area contributed by atoms with Gasteiger partial charge in [-0.1, -0.05) is 12.1 Å². The van der Waals surface area contributed by atoms with Crippen LogP contribution < -0.4 is 10.6 Å². The number of rotatable bonds is 8. The Morgan fingerprint density at radius 2 is 1.80 bits per heavy atom. The first kappa shape index (κ1) is 26.5. The predicted octanol–water partition coefficient (Wildman–Crippen LogP) is 1.85. The molecule has 3 N–H and O–H groups in total. The number of nitrogens with one attached hydrogen (secondary N) is 2. The molecule has 35 heavy (non-hydrogen) atoms. The Balaban J connectivity index is 1.51. The lowest BCUT2D eigenvalue weighted by Gasteiger charge is -2.33. The van der Waals surface area contributed by atoms with E-state index in [1.807, 2.05) is 45.0 Å².